The lowest BCUT2D eigenvalue weighted by Crippen LogP contribution is -2.31. The van der Waals surface area contributed by atoms with Crippen LogP contribution in [0.4, 0.5) is 17.6 Å². The van der Waals surface area contributed by atoms with Crippen LogP contribution in [0.3, 0.4) is 0 Å². The van der Waals surface area contributed by atoms with E-state index in [0.29, 0.717) is 11.1 Å². The van der Waals surface area contributed by atoms with Crippen LogP contribution in [0.5, 0.6) is 5.75 Å². The molecule has 1 heterocycles. The number of ether oxygens (including phenoxy) is 3. The van der Waals surface area contributed by atoms with Crippen molar-refractivity contribution >= 4 is 0 Å². The highest BCUT2D eigenvalue weighted by Gasteiger charge is 2.27. The van der Waals surface area contributed by atoms with Gasteiger partial charge in [-0.25, -0.2) is 13.2 Å². The van der Waals surface area contributed by atoms with Crippen molar-refractivity contribution in [2.45, 2.75) is 96.7 Å². The zero-order valence-corrected chi connectivity index (χ0v) is 25.9. The van der Waals surface area contributed by atoms with Gasteiger partial charge in [-0.15, -0.1) is 0 Å². The zero-order valence-electron chi connectivity index (χ0n) is 25.9. The van der Waals surface area contributed by atoms with E-state index < -0.39 is 29.2 Å². The van der Waals surface area contributed by atoms with Gasteiger partial charge >= 0.3 is 0 Å². The van der Waals surface area contributed by atoms with Crippen LogP contribution < -0.4 is 4.74 Å². The fraction of sp³-hybridized carbons (Fsp3) is 0.459. The molecule has 4 rings (SSSR count). The van der Waals surface area contributed by atoms with Crippen molar-refractivity contribution in [3.63, 3.8) is 0 Å². The molecule has 0 atom stereocenters. The first kappa shape index (κ1) is 33.7. The molecule has 1 saturated heterocycles. The van der Waals surface area contributed by atoms with Crippen molar-refractivity contribution in [3.8, 4) is 28.0 Å². The molecule has 0 spiro atoms. The van der Waals surface area contributed by atoms with Gasteiger partial charge < -0.3 is 14.2 Å². The summed E-state index contributed by atoms with van der Waals surface area (Å²) in [6, 6.07) is 12.1. The summed E-state index contributed by atoms with van der Waals surface area (Å²) in [6.07, 6.45) is 15.1. The summed E-state index contributed by atoms with van der Waals surface area (Å²) in [5.41, 5.74) is 1.16. The maximum atomic E-state index is 15.3. The molecule has 0 amide bonds. The second kappa shape index (κ2) is 17.4. The normalized spacial score (nSPS) is 17.0. The van der Waals surface area contributed by atoms with Crippen LogP contribution in [-0.4, -0.2) is 19.5 Å². The third-order valence-electron chi connectivity index (χ3n) is 8.11. The second-order valence-electron chi connectivity index (χ2n) is 11.5. The minimum absolute atomic E-state index is 0.0407. The molecule has 0 saturated carbocycles. The van der Waals surface area contributed by atoms with E-state index in [1.807, 2.05) is 6.92 Å². The minimum atomic E-state index is -1.09. The van der Waals surface area contributed by atoms with Gasteiger partial charge in [0.25, 0.3) is 0 Å². The van der Waals surface area contributed by atoms with Crippen LogP contribution in [0.2, 0.25) is 0 Å². The number of rotatable bonds is 16. The predicted molar refractivity (Wildman–Crippen MR) is 167 cm³/mol. The van der Waals surface area contributed by atoms with Crippen molar-refractivity contribution in [3.05, 3.63) is 89.7 Å². The molecule has 1 aliphatic rings. The van der Waals surface area contributed by atoms with Crippen LogP contribution in [0.15, 0.2) is 60.9 Å². The Labute approximate surface area is 259 Å². The van der Waals surface area contributed by atoms with Gasteiger partial charge in [-0.2, -0.15) is 4.39 Å². The number of hydrogen-bond acceptors (Lipinski definition) is 3. The maximum Gasteiger partial charge on any atom is 0.201 e. The zero-order chi connectivity index (χ0) is 31.3. The van der Waals surface area contributed by atoms with Gasteiger partial charge in [-0.05, 0) is 54.2 Å². The first-order valence-electron chi connectivity index (χ1n) is 16.1. The molecule has 3 nitrogen and oxygen atoms in total. The molecule has 0 N–H and O–H groups in total. The summed E-state index contributed by atoms with van der Waals surface area (Å²) in [5, 5.41) is 0. The first-order chi connectivity index (χ1) is 21.4. The third kappa shape index (κ3) is 8.95. The topological polar surface area (TPSA) is 27.7 Å². The smallest absolute Gasteiger partial charge is 0.201 e. The van der Waals surface area contributed by atoms with E-state index in [4.69, 9.17) is 14.2 Å². The minimum Gasteiger partial charge on any atom is -0.462 e. The Kier molecular flexibility index (Phi) is 13.3. The Balaban J connectivity index is 1.33. The third-order valence-corrected chi connectivity index (χ3v) is 8.11. The Hall–Kier alpha value is -3.16. The monoisotopic (exact) mass is 612 g/mol. The van der Waals surface area contributed by atoms with Gasteiger partial charge in [-0.3, -0.25) is 0 Å². The molecular formula is C37H44F4O3. The van der Waals surface area contributed by atoms with E-state index in [0.717, 1.165) is 32.1 Å². The lowest BCUT2D eigenvalue weighted by molar-refractivity contribution is -0.190. The average Bonchev–Trinajstić information content (AvgIpc) is 3.04. The lowest BCUT2D eigenvalue weighted by Gasteiger charge is -2.30. The average molecular weight is 613 g/mol. The standard InChI is InChI=1S/C37H44F4O3/c1-3-5-7-8-9-10-11-12-14-33-43-24-28(25-44-33)31-20-19-29(34(38)35(31)39)26-15-17-27(18-16-26)30-21-22-32(37(41)36(30)40)42-23-13-6-4-2/h13,15-23,28,33H,3-12,14,24-25H2,1-2H3. The number of unbranched alkanes of at least 4 members (excludes halogenated alkanes) is 8. The highest BCUT2D eigenvalue weighted by Crippen LogP contribution is 2.35. The molecule has 0 bridgehead atoms. The van der Waals surface area contributed by atoms with Crippen molar-refractivity contribution in [2.75, 3.05) is 13.2 Å². The van der Waals surface area contributed by atoms with Gasteiger partial charge in [0.05, 0.1) is 19.5 Å². The molecule has 7 heteroatoms. The highest BCUT2D eigenvalue weighted by atomic mass is 19.2. The van der Waals surface area contributed by atoms with Crippen LogP contribution >= 0.6 is 0 Å². The largest absolute Gasteiger partial charge is 0.462 e. The quantitative estimate of drug-likeness (QED) is 0.0915. The van der Waals surface area contributed by atoms with Crippen molar-refractivity contribution in [1.29, 1.82) is 0 Å². The van der Waals surface area contributed by atoms with Crippen LogP contribution in [0, 0.1) is 23.3 Å². The van der Waals surface area contributed by atoms with E-state index in [1.165, 1.54) is 63.0 Å². The van der Waals surface area contributed by atoms with Gasteiger partial charge in [0.2, 0.25) is 5.82 Å². The molecule has 1 aliphatic heterocycles. The molecule has 44 heavy (non-hydrogen) atoms. The molecule has 1 fully saturated rings. The maximum absolute atomic E-state index is 15.3. The van der Waals surface area contributed by atoms with E-state index in [1.54, 1.807) is 36.4 Å². The van der Waals surface area contributed by atoms with Gasteiger partial charge in [0.1, 0.15) is 0 Å². The number of benzene rings is 3. The number of allylic oxidation sites excluding steroid dienone is 1. The Morgan fingerprint density at radius 2 is 1.23 bits per heavy atom. The van der Waals surface area contributed by atoms with Gasteiger partial charge in [-0.1, -0.05) is 102 Å². The Bertz CT molecular complexity index is 1350. The van der Waals surface area contributed by atoms with E-state index in [-0.39, 0.29) is 41.9 Å². The molecule has 3 aromatic rings. The summed E-state index contributed by atoms with van der Waals surface area (Å²) >= 11 is 0. The molecular weight excluding hydrogens is 568 g/mol. The molecule has 3 aromatic carbocycles. The van der Waals surface area contributed by atoms with Crippen LogP contribution in [-0.2, 0) is 9.47 Å². The predicted octanol–water partition coefficient (Wildman–Crippen LogP) is 11.3. The van der Waals surface area contributed by atoms with Crippen molar-refractivity contribution < 1.29 is 31.8 Å². The summed E-state index contributed by atoms with van der Waals surface area (Å²) < 4.78 is 76.9. The molecule has 0 unspecified atom stereocenters. The van der Waals surface area contributed by atoms with Crippen molar-refractivity contribution in [2.24, 2.45) is 0 Å². The van der Waals surface area contributed by atoms with Gasteiger partial charge in [0.15, 0.2) is 29.5 Å². The van der Waals surface area contributed by atoms with E-state index in [2.05, 4.69) is 6.92 Å². The summed E-state index contributed by atoms with van der Waals surface area (Å²) in [4.78, 5) is 0. The lowest BCUT2D eigenvalue weighted by atomic mass is 9.94. The summed E-state index contributed by atoms with van der Waals surface area (Å²) in [7, 11) is 0. The number of hydrogen-bond donors (Lipinski definition) is 0. The SMILES string of the molecule is CCCC=COc1ccc(-c2ccc(-c3ccc(C4COC(CCCCCCCCCC)OC4)c(F)c3F)cc2)c(F)c1F. The second-order valence-corrected chi connectivity index (χ2v) is 11.5. The first-order valence-corrected chi connectivity index (χ1v) is 16.1. The summed E-state index contributed by atoms with van der Waals surface area (Å²) in [6.45, 7) is 4.76. The Morgan fingerprint density at radius 3 is 1.84 bits per heavy atom. The Morgan fingerprint density at radius 1 is 0.659 bits per heavy atom. The molecule has 0 aliphatic carbocycles. The fourth-order valence-electron chi connectivity index (χ4n) is 5.47. The van der Waals surface area contributed by atoms with Crippen molar-refractivity contribution in [1.82, 2.24) is 0 Å². The number of halogens is 4. The molecule has 0 radical (unpaired) electrons. The van der Waals surface area contributed by atoms with Crippen LogP contribution in [0.25, 0.3) is 22.3 Å². The summed E-state index contributed by atoms with van der Waals surface area (Å²) in [5.74, 6) is -4.64. The molecule has 0 aromatic heterocycles. The fourth-order valence-corrected chi connectivity index (χ4v) is 5.47. The molecule has 238 valence electrons. The van der Waals surface area contributed by atoms with Gasteiger partial charge in [0, 0.05) is 17.0 Å². The van der Waals surface area contributed by atoms with E-state index >= 15 is 8.78 Å². The van der Waals surface area contributed by atoms with Crippen LogP contribution in [0.1, 0.15) is 96.0 Å². The van der Waals surface area contributed by atoms with E-state index in [9.17, 15) is 8.78 Å². The highest BCUT2D eigenvalue weighted by molar-refractivity contribution is 5.72.